The molecule has 5 heteroatoms. The minimum atomic E-state index is -0.365. The van der Waals surface area contributed by atoms with Gasteiger partial charge in [0.2, 0.25) is 0 Å². The Kier molecular flexibility index (Phi) is 3.64. The van der Waals surface area contributed by atoms with Crippen LogP contribution in [0.5, 0.6) is 0 Å². The molecule has 2 rings (SSSR count). The highest BCUT2D eigenvalue weighted by atomic mass is 16.6. The molecule has 0 fully saturated rings. The molecule has 0 unspecified atom stereocenters. The van der Waals surface area contributed by atoms with E-state index in [2.05, 4.69) is 10.3 Å². The number of hydrogen-bond donors (Lipinski definition) is 1. The van der Waals surface area contributed by atoms with Crippen molar-refractivity contribution in [2.45, 2.75) is 27.2 Å². The zero-order valence-corrected chi connectivity index (χ0v) is 11.4. The summed E-state index contributed by atoms with van der Waals surface area (Å²) >= 11 is 0. The molecule has 1 N–H and O–H groups in total. The van der Waals surface area contributed by atoms with Gasteiger partial charge in [0.15, 0.2) is 0 Å². The monoisotopic (exact) mass is 259 g/mol. The van der Waals surface area contributed by atoms with Crippen LogP contribution in [0.25, 0.3) is 10.9 Å². The average molecular weight is 259 g/mol. The number of aromatic nitrogens is 1. The van der Waals surface area contributed by atoms with Gasteiger partial charge in [-0.3, -0.25) is 10.1 Å². The van der Waals surface area contributed by atoms with Crippen molar-refractivity contribution in [2.75, 3.05) is 11.9 Å². The number of hydrogen-bond acceptors (Lipinski definition) is 4. The first-order valence-corrected chi connectivity index (χ1v) is 6.39. The van der Waals surface area contributed by atoms with Crippen LogP contribution in [-0.4, -0.2) is 16.5 Å². The highest BCUT2D eigenvalue weighted by molar-refractivity contribution is 5.86. The molecule has 19 heavy (non-hydrogen) atoms. The van der Waals surface area contributed by atoms with Crippen LogP contribution in [0, 0.1) is 17.0 Å². The Morgan fingerprint density at radius 2 is 2.05 bits per heavy atom. The molecule has 100 valence electrons. The molecular weight excluding hydrogens is 242 g/mol. The van der Waals surface area contributed by atoms with Gasteiger partial charge in [0, 0.05) is 24.1 Å². The quantitative estimate of drug-likeness (QED) is 0.674. The summed E-state index contributed by atoms with van der Waals surface area (Å²) in [5.41, 5.74) is 2.84. The van der Waals surface area contributed by atoms with Gasteiger partial charge < -0.3 is 5.32 Å². The molecule has 0 aliphatic heterocycles. The molecule has 0 spiro atoms. The van der Waals surface area contributed by atoms with Crippen LogP contribution >= 0.6 is 0 Å². The van der Waals surface area contributed by atoms with Crippen molar-refractivity contribution < 1.29 is 4.92 Å². The molecule has 1 aromatic heterocycles. The van der Waals surface area contributed by atoms with E-state index in [9.17, 15) is 10.1 Å². The lowest BCUT2D eigenvalue weighted by Gasteiger charge is -2.11. The largest absolute Gasteiger partial charge is 0.370 e. The summed E-state index contributed by atoms with van der Waals surface area (Å²) in [6.07, 6.45) is 0.840. The van der Waals surface area contributed by atoms with Gasteiger partial charge in [-0.15, -0.1) is 0 Å². The van der Waals surface area contributed by atoms with Crippen LogP contribution in [0.1, 0.15) is 25.0 Å². The van der Waals surface area contributed by atoms with E-state index in [0.29, 0.717) is 0 Å². The van der Waals surface area contributed by atoms with Crippen LogP contribution in [0.3, 0.4) is 0 Å². The van der Waals surface area contributed by atoms with Crippen molar-refractivity contribution in [1.82, 2.24) is 4.98 Å². The molecule has 0 bridgehead atoms. The Bertz CT molecular complexity index is 638. The number of nitro benzene ring substituents is 1. The molecular formula is C14H17N3O2. The summed E-state index contributed by atoms with van der Waals surface area (Å²) in [6, 6.07) is 5.14. The molecule has 0 amide bonds. The minimum absolute atomic E-state index is 0.116. The number of anilines is 1. The molecule has 0 aliphatic rings. The zero-order chi connectivity index (χ0) is 14.0. The lowest BCUT2D eigenvalue weighted by molar-refractivity contribution is -0.384. The summed E-state index contributed by atoms with van der Waals surface area (Å²) < 4.78 is 0. The molecule has 5 nitrogen and oxygen atoms in total. The predicted molar refractivity (Wildman–Crippen MR) is 76.7 cm³/mol. The van der Waals surface area contributed by atoms with Crippen molar-refractivity contribution >= 4 is 22.4 Å². The van der Waals surface area contributed by atoms with E-state index in [4.69, 9.17) is 0 Å². The third-order valence-electron chi connectivity index (χ3n) is 3.11. The number of nitrogens with zero attached hydrogens (tertiary/aromatic N) is 2. The van der Waals surface area contributed by atoms with Crippen LogP contribution < -0.4 is 5.32 Å². The van der Waals surface area contributed by atoms with Gasteiger partial charge in [-0.2, -0.15) is 0 Å². The van der Waals surface area contributed by atoms with Crippen molar-refractivity contribution in [3.05, 3.63) is 39.4 Å². The average Bonchev–Trinajstić information content (AvgIpc) is 2.38. The lowest BCUT2D eigenvalue weighted by Crippen LogP contribution is -2.04. The third kappa shape index (κ3) is 2.50. The van der Waals surface area contributed by atoms with Gasteiger partial charge in [0.05, 0.1) is 10.4 Å². The first kappa shape index (κ1) is 13.3. The number of rotatable bonds is 4. The second-order valence-corrected chi connectivity index (χ2v) is 4.47. The maximum Gasteiger partial charge on any atom is 0.270 e. The standard InChI is InChI=1S/C14H17N3O2/c1-4-10-7-11-8-12(17(18)19)6-9(3)13(11)16-14(10)15-5-2/h6-8H,4-5H2,1-3H3,(H,15,16). The van der Waals surface area contributed by atoms with Gasteiger partial charge in [-0.1, -0.05) is 6.92 Å². The van der Waals surface area contributed by atoms with Gasteiger partial charge in [0.1, 0.15) is 5.82 Å². The Labute approximate surface area is 111 Å². The Hall–Kier alpha value is -2.17. The predicted octanol–water partition coefficient (Wildman–Crippen LogP) is 3.45. The molecule has 0 saturated carbocycles. The summed E-state index contributed by atoms with van der Waals surface area (Å²) in [5, 5.41) is 15.0. The van der Waals surface area contributed by atoms with E-state index in [1.54, 1.807) is 12.1 Å². The van der Waals surface area contributed by atoms with E-state index in [-0.39, 0.29) is 10.6 Å². The maximum absolute atomic E-state index is 10.9. The van der Waals surface area contributed by atoms with E-state index < -0.39 is 0 Å². The number of fused-ring (bicyclic) bond motifs is 1. The van der Waals surface area contributed by atoms with Gasteiger partial charge >= 0.3 is 0 Å². The number of aryl methyl sites for hydroxylation is 2. The number of non-ortho nitro benzene ring substituents is 1. The second-order valence-electron chi connectivity index (χ2n) is 4.47. The first-order valence-electron chi connectivity index (χ1n) is 6.39. The summed E-state index contributed by atoms with van der Waals surface area (Å²) in [4.78, 5) is 15.1. The van der Waals surface area contributed by atoms with E-state index in [1.807, 2.05) is 26.8 Å². The van der Waals surface area contributed by atoms with Gasteiger partial charge in [-0.05, 0) is 37.5 Å². The van der Waals surface area contributed by atoms with Gasteiger partial charge in [-0.25, -0.2) is 4.98 Å². The van der Waals surface area contributed by atoms with E-state index >= 15 is 0 Å². The fourth-order valence-corrected chi connectivity index (χ4v) is 2.19. The zero-order valence-electron chi connectivity index (χ0n) is 11.4. The van der Waals surface area contributed by atoms with Crippen molar-refractivity contribution in [1.29, 1.82) is 0 Å². The molecule has 0 saturated heterocycles. The molecule has 1 aromatic carbocycles. The molecule has 0 aliphatic carbocycles. The van der Waals surface area contributed by atoms with Crippen molar-refractivity contribution in [3.8, 4) is 0 Å². The first-order chi connectivity index (χ1) is 9.06. The highest BCUT2D eigenvalue weighted by Crippen LogP contribution is 2.27. The molecule has 1 heterocycles. The highest BCUT2D eigenvalue weighted by Gasteiger charge is 2.12. The van der Waals surface area contributed by atoms with Crippen LogP contribution in [0.4, 0.5) is 11.5 Å². The fraction of sp³-hybridized carbons (Fsp3) is 0.357. The fourth-order valence-electron chi connectivity index (χ4n) is 2.19. The SMILES string of the molecule is CCNc1nc2c(C)cc([N+](=O)[O-])cc2cc1CC. The van der Waals surface area contributed by atoms with Gasteiger partial charge in [0.25, 0.3) is 5.69 Å². The Balaban J connectivity index is 2.70. The van der Waals surface area contributed by atoms with E-state index in [0.717, 1.165) is 40.8 Å². The molecule has 2 aromatic rings. The summed E-state index contributed by atoms with van der Waals surface area (Å²) in [7, 11) is 0. The second kappa shape index (κ2) is 5.22. The summed E-state index contributed by atoms with van der Waals surface area (Å²) in [6.45, 7) is 6.73. The van der Waals surface area contributed by atoms with Crippen LogP contribution in [0.15, 0.2) is 18.2 Å². The number of nitro groups is 1. The maximum atomic E-state index is 10.9. The number of pyridine rings is 1. The normalized spacial score (nSPS) is 10.7. The lowest BCUT2D eigenvalue weighted by atomic mass is 10.1. The Morgan fingerprint density at radius 1 is 1.32 bits per heavy atom. The summed E-state index contributed by atoms with van der Waals surface area (Å²) in [5.74, 6) is 0.870. The molecule has 0 radical (unpaired) electrons. The number of nitrogens with one attached hydrogen (secondary N) is 1. The molecule has 0 atom stereocenters. The number of benzene rings is 1. The minimum Gasteiger partial charge on any atom is -0.370 e. The van der Waals surface area contributed by atoms with Crippen LogP contribution in [0.2, 0.25) is 0 Å². The van der Waals surface area contributed by atoms with Crippen LogP contribution in [-0.2, 0) is 6.42 Å². The topological polar surface area (TPSA) is 68.1 Å². The smallest absolute Gasteiger partial charge is 0.270 e. The van der Waals surface area contributed by atoms with E-state index in [1.165, 1.54) is 0 Å². The van der Waals surface area contributed by atoms with Crippen molar-refractivity contribution in [2.24, 2.45) is 0 Å². The van der Waals surface area contributed by atoms with Crippen molar-refractivity contribution in [3.63, 3.8) is 0 Å². The third-order valence-corrected chi connectivity index (χ3v) is 3.11. The Morgan fingerprint density at radius 3 is 2.63 bits per heavy atom.